The number of benzene rings is 1. The van der Waals surface area contributed by atoms with Gasteiger partial charge in [0, 0.05) is 17.5 Å². The van der Waals surface area contributed by atoms with Gasteiger partial charge >= 0.3 is 11.9 Å². The van der Waals surface area contributed by atoms with Gasteiger partial charge in [-0.3, -0.25) is 4.79 Å². The van der Waals surface area contributed by atoms with Gasteiger partial charge in [-0.05, 0) is 30.2 Å². The predicted octanol–water partition coefficient (Wildman–Crippen LogP) is 3.79. The van der Waals surface area contributed by atoms with E-state index in [2.05, 4.69) is 4.98 Å². The zero-order chi connectivity index (χ0) is 23.4. The second kappa shape index (κ2) is 10.6. The summed E-state index contributed by atoms with van der Waals surface area (Å²) in [5.41, 5.74) is 0.665. The lowest BCUT2D eigenvalue weighted by molar-refractivity contribution is -0.137. The number of carbonyl (C=O) groups is 2. The molecule has 33 heavy (non-hydrogen) atoms. The molecule has 4 rings (SSSR count). The maximum Gasteiger partial charge on any atom is 0.355 e. The molecule has 1 fully saturated rings. The molecule has 1 aromatic heterocycles. The fourth-order valence-electron chi connectivity index (χ4n) is 3.58. The van der Waals surface area contributed by atoms with Crippen molar-refractivity contribution in [3.05, 3.63) is 34.2 Å². The molecule has 178 valence electrons. The third kappa shape index (κ3) is 5.55. The van der Waals surface area contributed by atoms with E-state index in [1.165, 1.54) is 11.8 Å². The molecule has 10 nitrogen and oxygen atoms in total. The first kappa shape index (κ1) is 23.7. The second-order valence-corrected chi connectivity index (χ2v) is 8.93. The van der Waals surface area contributed by atoms with Crippen molar-refractivity contribution in [1.29, 1.82) is 0 Å². The summed E-state index contributed by atoms with van der Waals surface area (Å²) >= 11 is 7.75. The normalized spacial score (nSPS) is 15.3. The first-order valence-electron chi connectivity index (χ1n) is 10.4. The van der Waals surface area contributed by atoms with Crippen LogP contribution in [0.4, 0.5) is 0 Å². The van der Waals surface area contributed by atoms with Crippen molar-refractivity contribution in [3.63, 3.8) is 0 Å². The van der Waals surface area contributed by atoms with Gasteiger partial charge in [0.15, 0.2) is 23.0 Å². The molecular formula is C21H23ClN2O8S. The lowest BCUT2D eigenvalue weighted by Crippen LogP contribution is -2.16. The summed E-state index contributed by atoms with van der Waals surface area (Å²) in [6.07, 6.45) is 1.39. The highest BCUT2D eigenvalue weighted by molar-refractivity contribution is 7.99. The molecule has 2 N–H and O–H groups in total. The minimum atomic E-state index is -1.13. The number of imidazole rings is 1. The molecule has 2 aliphatic heterocycles. The number of aliphatic carboxylic acids is 1. The van der Waals surface area contributed by atoms with Crippen molar-refractivity contribution in [3.8, 4) is 11.5 Å². The molecule has 0 radical (unpaired) electrons. The number of thioether (sulfide) groups is 1. The summed E-state index contributed by atoms with van der Waals surface area (Å²) in [4.78, 5) is 27.4. The first-order valence-corrected chi connectivity index (χ1v) is 11.8. The minimum absolute atomic E-state index is 0.0216. The average molecular weight is 499 g/mol. The third-order valence-electron chi connectivity index (χ3n) is 5.14. The average Bonchev–Trinajstić information content (AvgIpc) is 3.50. The Kier molecular flexibility index (Phi) is 7.63. The monoisotopic (exact) mass is 498 g/mol. The van der Waals surface area contributed by atoms with Crippen LogP contribution in [-0.2, 0) is 20.8 Å². The highest BCUT2D eigenvalue weighted by atomic mass is 35.5. The number of ether oxygens (including phenoxy) is 4. The SMILES string of the molecule is O=C(O)CCCCCSc1nc(C2OCCO2)n(Cc2cc3c(cc2Cl)OCO3)c1C(=O)O. The van der Waals surface area contributed by atoms with E-state index in [4.69, 9.17) is 35.7 Å². The van der Waals surface area contributed by atoms with Gasteiger partial charge in [0.25, 0.3) is 0 Å². The van der Waals surface area contributed by atoms with Crippen molar-refractivity contribution in [2.24, 2.45) is 0 Å². The molecule has 0 aliphatic carbocycles. The lowest BCUT2D eigenvalue weighted by atomic mass is 10.2. The molecule has 0 spiro atoms. The Morgan fingerprint density at radius 2 is 1.85 bits per heavy atom. The molecule has 12 heteroatoms. The van der Waals surface area contributed by atoms with Crippen molar-refractivity contribution >= 4 is 35.3 Å². The quantitative estimate of drug-likeness (QED) is 0.348. The summed E-state index contributed by atoms with van der Waals surface area (Å²) in [5, 5.41) is 19.5. The van der Waals surface area contributed by atoms with Gasteiger partial charge in [0.2, 0.25) is 13.1 Å². The molecule has 2 aliphatic rings. The first-order chi connectivity index (χ1) is 15.9. The van der Waals surface area contributed by atoms with Crippen molar-refractivity contribution < 1.29 is 38.7 Å². The Balaban J connectivity index is 1.59. The lowest BCUT2D eigenvalue weighted by Gasteiger charge is -2.15. The van der Waals surface area contributed by atoms with Gasteiger partial charge in [-0.2, -0.15) is 0 Å². The molecule has 0 saturated carbocycles. The van der Waals surface area contributed by atoms with Crippen LogP contribution in [0.25, 0.3) is 0 Å². The number of rotatable bonds is 11. The highest BCUT2D eigenvalue weighted by Gasteiger charge is 2.31. The second-order valence-electron chi connectivity index (χ2n) is 7.44. The van der Waals surface area contributed by atoms with Crippen LogP contribution in [0, 0.1) is 0 Å². The van der Waals surface area contributed by atoms with Gasteiger partial charge in [0.05, 0.1) is 19.8 Å². The van der Waals surface area contributed by atoms with Gasteiger partial charge in [0.1, 0.15) is 5.03 Å². The van der Waals surface area contributed by atoms with Crippen molar-refractivity contribution in [2.75, 3.05) is 25.8 Å². The largest absolute Gasteiger partial charge is 0.481 e. The maximum atomic E-state index is 12.2. The van der Waals surface area contributed by atoms with Crippen LogP contribution in [0.3, 0.4) is 0 Å². The van der Waals surface area contributed by atoms with Gasteiger partial charge in [-0.25, -0.2) is 9.78 Å². The van der Waals surface area contributed by atoms with Gasteiger partial charge in [-0.15, -0.1) is 11.8 Å². The Morgan fingerprint density at radius 3 is 2.55 bits per heavy atom. The Labute approximate surface area is 198 Å². The smallest absolute Gasteiger partial charge is 0.355 e. The minimum Gasteiger partial charge on any atom is -0.481 e. The number of fused-ring (bicyclic) bond motifs is 1. The number of halogens is 1. The Morgan fingerprint density at radius 1 is 1.12 bits per heavy atom. The molecule has 0 unspecified atom stereocenters. The van der Waals surface area contributed by atoms with E-state index in [1.54, 1.807) is 16.7 Å². The molecule has 0 atom stereocenters. The third-order valence-corrected chi connectivity index (χ3v) is 6.55. The van der Waals surface area contributed by atoms with E-state index in [9.17, 15) is 14.7 Å². The van der Waals surface area contributed by atoms with Crippen LogP contribution in [0.15, 0.2) is 17.2 Å². The number of aromatic nitrogens is 2. The molecule has 3 heterocycles. The Bertz CT molecular complexity index is 1040. The molecule has 1 aromatic carbocycles. The van der Waals surface area contributed by atoms with Crippen molar-refractivity contribution in [1.82, 2.24) is 9.55 Å². The summed E-state index contributed by atoms with van der Waals surface area (Å²) in [6, 6.07) is 3.37. The number of nitrogens with zero attached hydrogens (tertiary/aromatic N) is 2. The number of aromatic carboxylic acids is 1. The number of hydrogen-bond donors (Lipinski definition) is 2. The molecule has 1 saturated heterocycles. The fraction of sp³-hybridized carbons (Fsp3) is 0.476. The van der Waals surface area contributed by atoms with Crippen LogP contribution in [0.1, 0.15) is 53.8 Å². The summed E-state index contributed by atoms with van der Waals surface area (Å²) in [5.74, 6) is 0.0851. The van der Waals surface area contributed by atoms with Crippen LogP contribution >= 0.6 is 23.4 Å². The zero-order valence-electron chi connectivity index (χ0n) is 17.6. The summed E-state index contributed by atoms with van der Waals surface area (Å²) < 4.78 is 23.5. The number of carboxylic acid groups (broad SMARTS) is 2. The number of hydrogen-bond acceptors (Lipinski definition) is 8. The van der Waals surface area contributed by atoms with Crippen molar-refractivity contribution in [2.45, 2.75) is 43.5 Å². The van der Waals surface area contributed by atoms with E-state index in [0.29, 0.717) is 58.3 Å². The number of carboxylic acids is 2. The molecule has 0 bridgehead atoms. The van der Waals surface area contributed by atoms with Crippen LogP contribution in [0.2, 0.25) is 5.02 Å². The van der Waals surface area contributed by atoms with E-state index < -0.39 is 18.2 Å². The zero-order valence-corrected chi connectivity index (χ0v) is 19.2. The van der Waals surface area contributed by atoms with Gasteiger partial charge < -0.3 is 33.7 Å². The maximum absolute atomic E-state index is 12.2. The summed E-state index contributed by atoms with van der Waals surface area (Å²) in [6.45, 7) is 0.998. The predicted molar refractivity (Wildman–Crippen MR) is 117 cm³/mol. The molecule has 0 amide bonds. The van der Waals surface area contributed by atoms with Gasteiger partial charge in [-0.1, -0.05) is 18.0 Å². The summed E-state index contributed by atoms with van der Waals surface area (Å²) in [7, 11) is 0. The van der Waals surface area contributed by atoms with Crippen LogP contribution in [0.5, 0.6) is 11.5 Å². The van der Waals surface area contributed by atoms with E-state index in [1.807, 2.05) is 0 Å². The van der Waals surface area contributed by atoms with E-state index >= 15 is 0 Å². The molecular weight excluding hydrogens is 476 g/mol. The van der Waals surface area contributed by atoms with Crippen LogP contribution in [-0.4, -0.2) is 57.5 Å². The van der Waals surface area contributed by atoms with E-state index in [-0.39, 0.29) is 25.5 Å². The Hall–Kier alpha value is -2.47. The van der Waals surface area contributed by atoms with Crippen LogP contribution < -0.4 is 9.47 Å². The van der Waals surface area contributed by atoms with E-state index in [0.717, 1.165) is 12.8 Å². The highest BCUT2D eigenvalue weighted by Crippen LogP contribution is 2.38. The molecule has 2 aromatic rings. The standard InChI is InChI=1S/C21H23ClN2O8S/c22-13-9-15-14(31-11-32-15)8-12(13)10-24-17(20(27)28)19(23-18(24)21-29-5-6-30-21)33-7-3-1-2-4-16(25)26/h8-9,21H,1-7,10-11H2,(H,25,26)(H,27,28). The fourth-order valence-corrected chi connectivity index (χ4v) is 4.82. The number of unbranched alkanes of at least 4 members (excludes halogenated alkanes) is 2. The topological polar surface area (TPSA) is 129 Å².